The van der Waals surface area contributed by atoms with Crippen LogP contribution in [0.4, 0.5) is 0 Å². The quantitative estimate of drug-likeness (QED) is 0.872. The zero-order chi connectivity index (χ0) is 13.7. The first kappa shape index (κ1) is 12.1. The topological polar surface area (TPSA) is 56.7 Å². The molecular weight excluding hydrogens is 254 g/mol. The van der Waals surface area contributed by atoms with E-state index < -0.39 is 0 Å². The summed E-state index contributed by atoms with van der Waals surface area (Å²) >= 11 is 0. The second kappa shape index (κ2) is 4.45. The maximum atomic E-state index is 12.4. The van der Waals surface area contributed by atoms with Crippen LogP contribution in [0.5, 0.6) is 5.75 Å². The summed E-state index contributed by atoms with van der Waals surface area (Å²) in [6, 6.07) is 2.33. The minimum Gasteiger partial charge on any atom is -0.506 e. The zero-order valence-electron chi connectivity index (χ0n) is 11.4. The lowest BCUT2D eigenvalue weighted by molar-refractivity contribution is 0.0772. The Hall–Kier alpha value is -1.62. The molecule has 4 rings (SSSR count). The van der Waals surface area contributed by atoms with Crippen molar-refractivity contribution < 1.29 is 9.90 Å². The van der Waals surface area contributed by atoms with Crippen LogP contribution < -0.4 is 0 Å². The normalized spacial score (nSPS) is 29.7. The van der Waals surface area contributed by atoms with Gasteiger partial charge in [0.25, 0.3) is 5.91 Å². The van der Waals surface area contributed by atoms with Crippen LogP contribution in [0, 0.1) is 11.8 Å². The fourth-order valence-corrected chi connectivity index (χ4v) is 3.66. The molecule has 2 unspecified atom stereocenters. The molecule has 2 aliphatic heterocycles. The Morgan fingerprint density at radius 2 is 1.85 bits per heavy atom. The number of nitrogens with zero attached hydrogens (tertiary/aromatic N) is 3. The molecule has 0 radical (unpaired) electrons. The van der Waals surface area contributed by atoms with Crippen molar-refractivity contribution in [2.75, 3.05) is 26.2 Å². The highest BCUT2D eigenvalue weighted by Crippen LogP contribution is 2.38. The number of carbonyl (C=O) groups is 1. The highest BCUT2D eigenvalue weighted by atomic mass is 16.3. The molecule has 1 saturated carbocycles. The van der Waals surface area contributed by atoms with Gasteiger partial charge in [0.15, 0.2) is 0 Å². The first-order chi connectivity index (χ1) is 9.70. The Labute approximate surface area is 118 Å². The van der Waals surface area contributed by atoms with Crippen LogP contribution in [0.1, 0.15) is 23.2 Å². The zero-order valence-corrected chi connectivity index (χ0v) is 11.4. The number of aromatic nitrogens is 1. The van der Waals surface area contributed by atoms with E-state index in [0.29, 0.717) is 17.4 Å². The Kier molecular flexibility index (Phi) is 2.70. The third-order valence-electron chi connectivity index (χ3n) is 4.84. The minimum atomic E-state index is 0.000715. The molecule has 1 amide bonds. The fourth-order valence-electron chi connectivity index (χ4n) is 3.66. The summed E-state index contributed by atoms with van der Waals surface area (Å²) in [5.74, 6) is 1.31. The summed E-state index contributed by atoms with van der Waals surface area (Å²) in [5, 5.41) is 9.43. The lowest BCUT2D eigenvalue weighted by Crippen LogP contribution is -2.34. The van der Waals surface area contributed by atoms with Gasteiger partial charge in [-0.15, -0.1) is 0 Å². The number of aromatic hydroxyl groups is 1. The molecule has 5 nitrogen and oxygen atoms in total. The number of likely N-dealkylation sites (tertiary alicyclic amines) is 2. The second-order valence-corrected chi connectivity index (χ2v) is 6.35. The van der Waals surface area contributed by atoms with E-state index in [2.05, 4.69) is 9.88 Å². The Morgan fingerprint density at radius 1 is 1.15 bits per heavy atom. The van der Waals surface area contributed by atoms with Gasteiger partial charge >= 0.3 is 0 Å². The van der Waals surface area contributed by atoms with Crippen molar-refractivity contribution in [2.45, 2.75) is 18.9 Å². The predicted octanol–water partition coefficient (Wildman–Crippen LogP) is 0.953. The fraction of sp³-hybridized carbons (Fsp3) is 0.600. The average Bonchev–Trinajstić information content (AvgIpc) is 3.09. The van der Waals surface area contributed by atoms with Gasteiger partial charge in [-0.3, -0.25) is 14.7 Å². The van der Waals surface area contributed by atoms with Gasteiger partial charge < -0.3 is 10.0 Å². The van der Waals surface area contributed by atoms with Crippen molar-refractivity contribution in [3.63, 3.8) is 0 Å². The molecule has 0 bridgehead atoms. The largest absolute Gasteiger partial charge is 0.506 e. The van der Waals surface area contributed by atoms with Crippen LogP contribution in [-0.2, 0) is 0 Å². The van der Waals surface area contributed by atoms with E-state index in [1.807, 2.05) is 4.90 Å². The maximum Gasteiger partial charge on any atom is 0.255 e. The molecule has 2 saturated heterocycles. The van der Waals surface area contributed by atoms with Gasteiger partial charge in [0.2, 0.25) is 0 Å². The molecule has 2 atom stereocenters. The SMILES string of the molecule is O=C(c1cncc(O)c1)N1CC2CN(C3CC3)CC2C1. The van der Waals surface area contributed by atoms with Gasteiger partial charge in [-0.05, 0) is 30.7 Å². The molecule has 0 aromatic carbocycles. The molecule has 1 N–H and O–H groups in total. The standard InChI is InChI=1S/C15H19N3O2/c19-14-3-10(4-16-5-14)15(20)18-8-11-6-17(13-1-2-13)7-12(11)9-18/h3-5,11-13,19H,1-2,6-9H2. The molecule has 1 aliphatic carbocycles. The van der Waals surface area contributed by atoms with Crippen LogP contribution in [0.3, 0.4) is 0 Å². The van der Waals surface area contributed by atoms with Crippen molar-refractivity contribution in [2.24, 2.45) is 11.8 Å². The highest BCUT2D eigenvalue weighted by molar-refractivity contribution is 5.94. The maximum absolute atomic E-state index is 12.4. The summed E-state index contributed by atoms with van der Waals surface area (Å²) in [6.45, 7) is 4.00. The summed E-state index contributed by atoms with van der Waals surface area (Å²) in [5.41, 5.74) is 0.490. The molecule has 20 heavy (non-hydrogen) atoms. The number of fused-ring (bicyclic) bond motifs is 1. The number of pyridine rings is 1. The molecule has 5 heteroatoms. The Bertz CT molecular complexity index is 530. The molecular formula is C15H19N3O2. The number of hydrogen-bond acceptors (Lipinski definition) is 4. The van der Waals surface area contributed by atoms with Crippen molar-refractivity contribution in [3.05, 3.63) is 24.0 Å². The lowest BCUT2D eigenvalue weighted by atomic mass is 10.0. The number of carbonyl (C=O) groups excluding carboxylic acids is 1. The van der Waals surface area contributed by atoms with Crippen LogP contribution in [-0.4, -0.2) is 58.0 Å². The smallest absolute Gasteiger partial charge is 0.255 e. The van der Waals surface area contributed by atoms with Crippen molar-refractivity contribution in [3.8, 4) is 5.75 Å². The molecule has 106 valence electrons. The first-order valence-corrected chi connectivity index (χ1v) is 7.38. The van der Waals surface area contributed by atoms with Gasteiger partial charge in [0.1, 0.15) is 5.75 Å². The van der Waals surface area contributed by atoms with Crippen molar-refractivity contribution >= 4 is 5.91 Å². The van der Waals surface area contributed by atoms with E-state index >= 15 is 0 Å². The van der Waals surface area contributed by atoms with Gasteiger partial charge in [0, 0.05) is 38.4 Å². The van der Waals surface area contributed by atoms with Crippen LogP contribution >= 0.6 is 0 Å². The van der Waals surface area contributed by atoms with E-state index in [-0.39, 0.29) is 11.7 Å². The van der Waals surface area contributed by atoms with Crippen molar-refractivity contribution in [1.29, 1.82) is 0 Å². The van der Waals surface area contributed by atoms with E-state index in [1.165, 1.54) is 31.3 Å². The highest BCUT2D eigenvalue weighted by Gasteiger charge is 2.45. The third-order valence-corrected chi connectivity index (χ3v) is 4.84. The van der Waals surface area contributed by atoms with Crippen LogP contribution in [0.2, 0.25) is 0 Å². The lowest BCUT2D eigenvalue weighted by Gasteiger charge is -2.21. The number of hydrogen-bond donors (Lipinski definition) is 1. The second-order valence-electron chi connectivity index (χ2n) is 6.35. The van der Waals surface area contributed by atoms with Gasteiger partial charge in [-0.1, -0.05) is 0 Å². The molecule has 1 aromatic heterocycles. The van der Waals surface area contributed by atoms with E-state index in [4.69, 9.17) is 0 Å². The summed E-state index contributed by atoms with van der Waals surface area (Å²) in [6.07, 6.45) is 5.60. The molecule has 3 heterocycles. The molecule has 3 fully saturated rings. The summed E-state index contributed by atoms with van der Waals surface area (Å²) in [4.78, 5) is 20.8. The van der Waals surface area contributed by atoms with Crippen LogP contribution in [0.15, 0.2) is 18.5 Å². The Morgan fingerprint density at radius 3 is 2.45 bits per heavy atom. The van der Waals surface area contributed by atoms with E-state index in [0.717, 1.165) is 32.2 Å². The predicted molar refractivity (Wildman–Crippen MR) is 73.4 cm³/mol. The van der Waals surface area contributed by atoms with Gasteiger partial charge in [0.05, 0.1) is 11.8 Å². The summed E-state index contributed by atoms with van der Waals surface area (Å²) < 4.78 is 0. The number of rotatable bonds is 2. The summed E-state index contributed by atoms with van der Waals surface area (Å²) in [7, 11) is 0. The van der Waals surface area contributed by atoms with E-state index in [9.17, 15) is 9.90 Å². The van der Waals surface area contributed by atoms with Gasteiger partial charge in [-0.25, -0.2) is 0 Å². The molecule has 1 aromatic rings. The average molecular weight is 273 g/mol. The van der Waals surface area contributed by atoms with E-state index in [1.54, 1.807) is 0 Å². The molecule has 3 aliphatic rings. The van der Waals surface area contributed by atoms with Crippen molar-refractivity contribution in [1.82, 2.24) is 14.8 Å². The third kappa shape index (κ3) is 2.06. The first-order valence-electron chi connectivity index (χ1n) is 7.38. The monoisotopic (exact) mass is 273 g/mol. The van der Waals surface area contributed by atoms with Crippen LogP contribution in [0.25, 0.3) is 0 Å². The Balaban J connectivity index is 1.43. The number of amides is 1. The van der Waals surface area contributed by atoms with Gasteiger partial charge in [-0.2, -0.15) is 0 Å². The molecule has 0 spiro atoms. The minimum absolute atomic E-state index is 0.000715.